The van der Waals surface area contributed by atoms with Crippen molar-refractivity contribution in [2.45, 2.75) is 46.0 Å². The third-order valence-corrected chi connectivity index (χ3v) is 6.92. The van der Waals surface area contributed by atoms with Gasteiger partial charge in [-0.3, -0.25) is 4.79 Å². The molecule has 0 N–H and O–H groups in total. The Morgan fingerprint density at radius 3 is 2.71 bits per heavy atom. The third-order valence-electron chi connectivity index (χ3n) is 6.92. The summed E-state index contributed by atoms with van der Waals surface area (Å²) in [4.78, 5) is 11.7. The van der Waals surface area contributed by atoms with Crippen molar-refractivity contribution < 1.29 is 33.2 Å². The maximum absolute atomic E-state index is 11.7. The molecule has 7 nitrogen and oxygen atoms in total. The van der Waals surface area contributed by atoms with Gasteiger partial charge in [0.05, 0.1) is 39.5 Å². The predicted molar refractivity (Wildman–Crippen MR) is 143 cm³/mol. The van der Waals surface area contributed by atoms with Crippen LogP contribution in [-0.2, 0) is 38.6 Å². The maximum atomic E-state index is 11.7. The van der Waals surface area contributed by atoms with Crippen LogP contribution in [0.25, 0.3) is 11.1 Å². The van der Waals surface area contributed by atoms with E-state index in [1.807, 2.05) is 37.3 Å². The summed E-state index contributed by atoms with van der Waals surface area (Å²) in [6.45, 7) is 7.38. The summed E-state index contributed by atoms with van der Waals surface area (Å²) in [6, 6.07) is 16.3. The first-order valence-corrected chi connectivity index (χ1v) is 13.1. The molecular formula is C31H34O7. The van der Waals surface area contributed by atoms with Gasteiger partial charge < -0.3 is 28.4 Å². The zero-order chi connectivity index (χ0) is 26.5. The Hall–Kier alpha value is -3.55. The van der Waals surface area contributed by atoms with Crippen LogP contribution in [0, 0.1) is 6.92 Å². The number of aryl methyl sites for hydroxylation is 1. The first kappa shape index (κ1) is 26.1. The van der Waals surface area contributed by atoms with Gasteiger partial charge in [0.15, 0.2) is 0 Å². The number of hydrogen-bond acceptors (Lipinski definition) is 7. The van der Waals surface area contributed by atoms with Crippen LogP contribution in [0.15, 0.2) is 48.5 Å². The molecule has 0 spiro atoms. The van der Waals surface area contributed by atoms with Crippen molar-refractivity contribution in [1.29, 1.82) is 0 Å². The minimum atomic E-state index is -0.280. The standard InChI is InChI=1S/C31H34O7/c1-4-34-11-12-35-25-13-20(2)31-22(15-25)9-10-36-28-8-5-21(14-27(28)31)18-37-24-6-7-26-23(16-24)19-38-29(26)17-30(32)33-3/h5-8,13-16,29H,4,9-12,17-19H2,1-3H3/t29-/m0/s1. The van der Waals surface area contributed by atoms with E-state index in [4.69, 9.17) is 28.4 Å². The molecule has 200 valence electrons. The number of esters is 1. The molecule has 2 aliphatic heterocycles. The minimum absolute atomic E-state index is 0.211. The molecule has 2 heterocycles. The minimum Gasteiger partial charge on any atom is -0.493 e. The lowest BCUT2D eigenvalue weighted by atomic mass is 9.92. The highest BCUT2D eigenvalue weighted by Gasteiger charge is 2.26. The second-order valence-electron chi connectivity index (χ2n) is 9.48. The summed E-state index contributed by atoms with van der Waals surface area (Å²) in [5.41, 5.74) is 7.74. The van der Waals surface area contributed by atoms with Gasteiger partial charge in [0.2, 0.25) is 0 Å². The van der Waals surface area contributed by atoms with Gasteiger partial charge in [-0.05, 0) is 83.6 Å². The predicted octanol–water partition coefficient (Wildman–Crippen LogP) is 5.73. The van der Waals surface area contributed by atoms with Gasteiger partial charge in [-0.25, -0.2) is 0 Å². The van der Waals surface area contributed by atoms with Crippen molar-refractivity contribution in [3.8, 4) is 28.4 Å². The number of methoxy groups -OCH3 is 1. The van der Waals surface area contributed by atoms with Crippen LogP contribution in [-0.4, -0.2) is 39.5 Å². The molecule has 0 radical (unpaired) electrons. The molecule has 3 aromatic carbocycles. The molecule has 0 amide bonds. The summed E-state index contributed by atoms with van der Waals surface area (Å²) in [6.07, 6.45) is 0.755. The van der Waals surface area contributed by atoms with E-state index < -0.39 is 0 Å². The van der Waals surface area contributed by atoms with Crippen LogP contribution < -0.4 is 14.2 Å². The fourth-order valence-electron chi connectivity index (χ4n) is 5.07. The quantitative estimate of drug-likeness (QED) is 0.251. The fourth-order valence-corrected chi connectivity index (χ4v) is 5.07. The molecule has 0 unspecified atom stereocenters. The number of hydrogen-bond donors (Lipinski definition) is 0. The first-order chi connectivity index (χ1) is 18.6. The number of carbonyl (C=O) groups is 1. The Labute approximate surface area is 223 Å². The topological polar surface area (TPSA) is 72.5 Å². The van der Waals surface area contributed by atoms with Crippen LogP contribution in [0.5, 0.6) is 17.2 Å². The van der Waals surface area contributed by atoms with Crippen molar-refractivity contribution in [2.75, 3.05) is 33.5 Å². The molecular weight excluding hydrogens is 484 g/mol. The van der Waals surface area contributed by atoms with E-state index in [9.17, 15) is 4.79 Å². The second-order valence-corrected chi connectivity index (χ2v) is 9.48. The lowest BCUT2D eigenvalue weighted by Crippen LogP contribution is -2.07. The Balaban J connectivity index is 1.31. The molecule has 38 heavy (non-hydrogen) atoms. The average molecular weight is 519 g/mol. The molecule has 3 aromatic rings. The van der Waals surface area contributed by atoms with Gasteiger partial charge in [0.25, 0.3) is 0 Å². The van der Waals surface area contributed by atoms with Gasteiger partial charge in [0.1, 0.15) is 30.5 Å². The first-order valence-electron chi connectivity index (χ1n) is 13.1. The van der Waals surface area contributed by atoms with E-state index in [0.29, 0.717) is 39.6 Å². The molecule has 0 aromatic heterocycles. The van der Waals surface area contributed by atoms with Crippen LogP contribution in [0.2, 0.25) is 0 Å². The molecule has 0 saturated carbocycles. The number of fused-ring (bicyclic) bond motifs is 4. The lowest BCUT2D eigenvalue weighted by Gasteiger charge is -2.16. The van der Waals surface area contributed by atoms with Crippen molar-refractivity contribution in [3.63, 3.8) is 0 Å². The van der Waals surface area contributed by atoms with Crippen LogP contribution in [0.3, 0.4) is 0 Å². The van der Waals surface area contributed by atoms with Crippen molar-refractivity contribution in [2.24, 2.45) is 0 Å². The largest absolute Gasteiger partial charge is 0.493 e. The molecule has 7 heteroatoms. The van der Waals surface area contributed by atoms with Crippen LogP contribution in [0.4, 0.5) is 0 Å². The molecule has 1 atom stereocenters. The average Bonchev–Trinajstić information content (AvgIpc) is 3.21. The molecule has 0 fully saturated rings. The van der Waals surface area contributed by atoms with Gasteiger partial charge in [-0.1, -0.05) is 12.1 Å². The number of benzene rings is 3. The third kappa shape index (κ3) is 5.79. The SMILES string of the molecule is CCOCCOc1cc(C)c2c(c1)CCOc1ccc(COc3ccc4c(c3)CO[C@H]4CC(=O)OC)cc1-2. The van der Waals surface area contributed by atoms with E-state index in [0.717, 1.165) is 51.5 Å². The van der Waals surface area contributed by atoms with Gasteiger partial charge in [0, 0.05) is 18.6 Å². The van der Waals surface area contributed by atoms with Crippen LogP contribution >= 0.6 is 0 Å². The van der Waals surface area contributed by atoms with Crippen molar-refractivity contribution in [3.05, 3.63) is 76.3 Å². The Bertz CT molecular complexity index is 1300. The monoisotopic (exact) mass is 518 g/mol. The van der Waals surface area contributed by atoms with Crippen molar-refractivity contribution >= 4 is 5.97 Å². The van der Waals surface area contributed by atoms with Crippen molar-refractivity contribution in [1.82, 2.24) is 0 Å². The van der Waals surface area contributed by atoms with E-state index in [-0.39, 0.29) is 18.5 Å². The van der Waals surface area contributed by atoms with E-state index in [1.54, 1.807) is 0 Å². The second kappa shape index (κ2) is 11.9. The smallest absolute Gasteiger partial charge is 0.308 e. The zero-order valence-electron chi connectivity index (χ0n) is 22.2. The summed E-state index contributed by atoms with van der Waals surface area (Å²) in [5.74, 6) is 2.23. The number of carbonyl (C=O) groups excluding carboxylic acids is 1. The number of ether oxygens (including phenoxy) is 6. The lowest BCUT2D eigenvalue weighted by molar-refractivity contribution is -0.143. The Morgan fingerprint density at radius 2 is 1.87 bits per heavy atom. The molecule has 5 rings (SSSR count). The highest BCUT2D eigenvalue weighted by molar-refractivity contribution is 5.78. The summed E-state index contributed by atoms with van der Waals surface area (Å²) >= 11 is 0. The highest BCUT2D eigenvalue weighted by Crippen LogP contribution is 2.40. The normalized spacial score (nSPS) is 15.5. The molecule has 0 saturated heterocycles. The van der Waals surface area contributed by atoms with E-state index >= 15 is 0 Å². The summed E-state index contributed by atoms with van der Waals surface area (Å²) in [5, 5.41) is 0. The summed E-state index contributed by atoms with van der Waals surface area (Å²) in [7, 11) is 1.39. The van der Waals surface area contributed by atoms with Gasteiger partial charge >= 0.3 is 5.97 Å². The fraction of sp³-hybridized carbons (Fsp3) is 0.387. The van der Waals surface area contributed by atoms with Gasteiger partial charge in [-0.2, -0.15) is 0 Å². The Kier molecular flexibility index (Phi) is 8.15. The molecule has 0 aliphatic carbocycles. The molecule has 2 aliphatic rings. The highest BCUT2D eigenvalue weighted by atomic mass is 16.5. The van der Waals surface area contributed by atoms with E-state index in [1.165, 1.54) is 18.2 Å². The maximum Gasteiger partial charge on any atom is 0.308 e. The van der Waals surface area contributed by atoms with Crippen LogP contribution in [0.1, 0.15) is 47.3 Å². The number of rotatable bonds is 10. The molecule has 0 bridgehead atoms. The van der Waals surface area contributed by atoms with Gasteiger partial charge in [-0.15, -0.1) is 0 Å². The van der Waals surface area contributed by atoms with E-state index in [2.05, 4.69) is 25.1 Å². The Morgan fingerprint density at radius 1 is 1.00 bits per heavy atom. The summed E-state index contributed by atoms with van der Waals surface area (Å²) < 4.78 is 34.2. The zero-order valence-corrected chi connectivity index (χ0v) is 22.2.